The SMILES string of the molecule is CN=C(NC)NCCCN(C)Cc1ccccc1. The van der Waals surface area contributed by atoms with E-state index in [1.165, 1.54) is 5.56 Å². The van der Waals surface area contributed by atoms with E-state index in [4.69, 9.17) is 0 Å². The summed E-state index contributed by atoms with van der Waals surface area (Å²) >= 11 is 0. The highest BCUT2D eigenvalue weighted by Gasteiger charge is 2.00. The topological polar surface area (TPSA) is 39.7 Å². The largest absolute Gasteiger partial charge is 0.359 e. The van der Waals surface area contributed by atoms with E-state index in [1.54, 1.807) is 7.05 Å². The smallest absolute Gasteiger partial charge is 0.190 e. The van der Waals surface area contributed by atoms with Gasteiger partial charge in [0.2, 0.25) is 0 Å². The number of hydrogen-bond donors (Lipinski definition) is 2. The Morgan fingerprint density at radius 1 is 1.28 bits per heavy atom. The van der Waals surface area contributed by atoms with E-state index < -0.39 is 0 Å². The molecule has 1 aromatic rings. The molecule has 0 amide bonds. The molecule has 1 rings (SSSR count). The van der Waals surface area contributed by atoms with E-state index in [2.05, 4.69) is 57.9 Å². The summed E-state index contributed by atoms with van der Waals surface area (Å²) in [6.45, 7) is 3.01. The van der Waals surface area contributed by atoms with Gasteiger partial charge in [-0.05, 0) is 25.6 Å². The van der Waals surface area contributed by atoms with Crippen molar-refractivity contribution in [1.29, 1.82) is 0 Å². The highest BCUT2D eigenvalue weighted by atomic mass is 15.2. The van der Waals surface area contributed by atoms with Crippen molar-refractivity contribution >= 4 is 5.96 Å². The monoisotopic (exact) mass is 248 g/mol. The highest BCUT2D eigenvalue weighted by Crippen LogP contribution is 2.02. The average molecular weight is 248 g/mol. The second-order valence-corrected chi connectivity index (χ2v) is 4.33. The van der Waals surface area contributed by atoms with Crippen LogP contribution < -0.4 is 10.6 Å². The minimum Gasteiger partial charge on any atom is -0.359 e. The van der Waals surface area contributed by atoms with Gasteiger partial charge in [-0.1, -0.05) is 30.3 Å². The van der Waals surface area contributed by atoms with Gasteiger partial charge in [0.05, 0.1) is 0 Å². The predicted molar refractivity (Wildman–Crippen MR) is 77.8 cm³/mol. The summed E-state index contributed by atoms with van der Waals surface area (Å²) in [5.41, 5.74) is 1.36. The molecule has 0 saturated heterocycles. The van der Waals surface area contributed by atoms with Gasteiger partial charge < -0.3 is 15.5 Å². The first-order valence-corrected chi connectivity index (χ1v) is 6.37. The van der Waals surface area contributed by atoms with Crippen LogP contribution in [-0.2, 0) is 6.54 Å². The van der Waals surface area contributed by atoms with E-state index in [-0.39, 0.29) is 0 Å². The fourth-order valence-electron chi connectivity index (χ4n) is 1.81. The van der Waals surface area contributed by atoms with Gasteiger partial charge in [-0.15, -0.1) is 0 Å². The maximum atomic E-state index is 4.07. The van der Waals surface area contributed by atoms with Crippen molar-refractivity contribution in [2.24, 2.45) is 4.99 Å². The van der Waals surface area contributed by atoms with Crippen LogP contribution in [0, 0.1) is 0 Å². The zero-order valence-corrected chi connectivity index (χ0v) is 11.6. The molecule has 0 fully saturated rings. The molecule has 4 heteroatoms. The number of guanidine groups is 1. The number of benzene rings is 1. The second-order valence-electron chi connectivity index (χ2n) is 4.33. The second kappa shape index (κ2) is 8.53. The summed E-state index contributed by atoms with van der Waals surface area (Å²) in [4.78, 5) is 6.40. The molecule has 18 heavy (non-hydrogen) atoms. The molecule has 0 heterocycles. The van der Waals surface area contributed by atoms with E-state index in [9.17, 15) is 0 Å². The average Bonchev–Trinajstić information content (AvgIpc) is 2.40. The van der Waals surface area contributed by atoms with Crippen LogP contribution >= 0.6 is 0 Å². The Bertz CT molecular complexity index is 348. The van der Waals surface area contributed by atoms with Gasteiger partial charge in [0.25, 0.3) is 0 Å². The summed E-state index contributed by atoms with van der Waals surface area (Å²) in [6, 6.07) is 10.6. The number of nitrogens with zero attached hydrogens (tertiary/aromatic N) is 2. The molecule has 0 aliphatic rings. The van der Waals surface area contributed by atoms with E-state index in [0.717, 1.165) is 32.0 Å². The Balaban J connectivity index is 2.16. The maximum Gasteiger partial charge on any atom is 0.190 e. The van der Waals surface area contributed by atoms with Crippen LogP contribution in [0.3, 0.4) is 0 Å². The normalized spacial score (nSPS) is 11.7. The van der Waals surface area contributed by atoms with Gasteiger partial charge in [0.1, 0.15) is 0 Å². The summed E-state index contributed by atoms with van der Waals surface area (Å²) in [5.74, 6) is 0.848. The molecule has 0 atom stereocenters. The third-order valence-corrected chi connectivity index (χ3v) is 2.76. The molecule has 0 radical (unpaired) electrons. The molecule has 4 nitrogen and oxygen atoms in total. The van der Waals surface area contributed by atoms with Crippen LogP contribution in [0.2, 0.25) is 0 Å². The van der Waals surface area contributed by atoms with Gasteiger partial charge in [-0.25, -0.2) is 0 Å². The van der Waals surface area contributed by atoms with Gasteiger partial charge in [-0.3, -0.25) is 4.99 Å². The Kier molecular flexibility index (Phi) is 6.87. The molecular formula is C14H24N4. The van der Waals surface area contributed by atoms with E-state index in [1.807, 2.05) is 7.05 Å². The lowest BCUT2D eigenvalue weighted by Gasteiger charge is -2.17. The standard InChI is InChI=1S/C14H24N4/c1-15-14(16-2)17-10-7-11-18(3)12-13-8-5-4-6-9-13/h4-6,8-9H,7,10-12H2,1-3H3,(H2,15,16,17). The summed E-state index contributed by atoms with van der Waals surface area (Å²) in [6.07, 6.45) is 1.10. The number of nitrogens with one attached hydrogen (secondary N) is 2. The lowest BCUT2D eigenvalue weighted by atomic mass is 10.2. The molecule has 0 saturated carbocycles. The fourth-order valence-corrected chi connectivity index (χ4v) is 1.81. The third-order valence-electron chi connectivity index (χ3n) is 2.76. The highest BCUT2D eigenvalue weighted by molar-refractivity contribution is 5.79. The van der Waals surface area contributed by atoms with Crippen molar-refractivity contribution in [3.05, 3.63) is 35.9 Å². The van der Waals surface area contributed by atoms with Crippen LogP contribution in [-0.4, -0.2) is 45.1 Å². The Morgan fingerprint density at radius 2 is 2.00 bits per heavy atom. The minimum atomic E-state index is 0.848. The molecule has 0 aliphatic carbocycles. The van der Waals surface area contributed by atoms with Crippen molar-refractivity contribution in [3.8, 4) is 0 Å². The van der Waals surface area contributed by atoms with E-state index >= 15 is 0 Å². The molecule has 1 aromatic carbocycles. The lowest BCUT2D eigenvalue weighted by molar-refractivity contribution is 0.322. The Morgan fingerprint density at radius 3 is 2.61 bits per heavy atom. The lowest BCUT2D eigenvalue weighted by Crippen LogP contribution is -2.36. The summed E-state index contributed by atoms with van der Waals surface area (Å²) < 4.78 is 0. The van der Waals surface area contributed by atoms with Crippen molar-refractivity contribution < 1.29 is 0 Å². The molecule has 2 N–H and O–H groups in total. The molecule has 0 aromatic heterocycles. The Hall–Kier alpha value is -1.55. The van der Waals surface area contributed by atoms with Crippen molar-refractivity contribution in [2.45, 2.75) is 13.0 Å². The first kappa shape index (κ1) is 14.5. The van der Waals surface area contributed by atoms with Crippen LogP contribution in [0.25, 0.3) is 0 Å². The minimum absolute atomic E-state index is 0.848. The summed E-state index contributed by atoms with van der Waals surface area (Å²) in [5, 5.41) is 6.26. The fraction of sp³-hybridized carbons (Fsp3) is 0.500. The van der Waals surface area contributed by atoms with Crippen LogP contribution in [0.5, 0.6) is 0 Å². The zero-order valence-electron chi connectivity index (χ0n) is 11.6. The molecule has 0 bridgehead atoms. The van der Waals surface area contributed by atoms with Crippen molar-refractivity contribution in [3.63, 3.8) is 0 Å². The first-order valence-electron chi connectivity index (χ1n) is 6.37. The van der Waals surface area contributed by atoms with Gasteiger partial charge in [0.15, 0.2) is 5.96 Å². The number of hydrogen-bond acceptors (Lipinski definition) is 2. The maximum absolute atomic E-state index is 4.07. The quantitative estimate of drug-likeness (QED) is 0.453. The molecule has 100 valence electrons. The summed E-state index contributed by atoms with van der Waals surface area (Å²) in [7, 11) is 5.80. The van der Waals surface area contributed by atoms with Gasteiger partial charge in [0, 0.05) is 27.2 Å². The molecule has 0 spiro atoms. The van der Waals surface area contributed by atoms with Crippen LogP contribution in [0.4, 0.5) is 0 Å². The molecule has 0 aliphatic heterocycles. The number of rotatable bonds is 6. The molecule has 0 unspecified atom stereocenters. The van der Waals surface area contributed by atoms with Gasteiger partial charge >= 0.3 is 0 Å². The zero-order chi connectivity index (χ0) is 13.2. The number of aliphatic imine (C=N–C) groups is 1. The van der Waals surface area contributed by atoms with Crippen molar-refractivity contribution in [2.75, 3.05) is 34.2 Å². The van der Waals surface area contributed by atoms with E-state index in [0.29, 0.717) is 0 Å². The third kappa shape index (κ3) is 5.68. The Labute approximate surface area is 110 Å². The first-order chi connectivity index (χ1) is 8.76. The molecular weight excluding hydrogens is 224 g/mol. The van der Waals surface area contributed by atoms with Crippen LogP contribution in [0.1, 0.15) is 12.0 Å². The van der Waals surface area contributed by atoms with Gasteiger partial charge in [-0.2, -0.15) is 0 Å². The van der Waals surface area contributed by atoms with Crippen molar-refractivity contribution in [1.82, 2.24) is 15.5 Å². The van der Waals surface area contributed by atoms with Crippen LogP contribution in [0.15, 0.2) is 35.3 Å². The predicted octanol–water partition coefficient (Wildman–Crippen LogP) is 1.30.